The second-order valence-electron chi connectivity index (χ2n) is 4.63. The van der Waals surface area contributed by atoms with Crippen LogP contribution in [-0.2, 0) is 5.75 Å². The molecule has 0 radical (unpaired) electrons. The van der Waals surface area contributed by atoms with Crippen molar-refractivity contribution in [1.29, 1.82) is 0 Å². The summed E-state index contributed by atoms with van der Waals surface area (Å²) in [6, 6.07) is 17.6. The molecule has 0 aromatic heterocycles. The Morgan fingerprint density at radius 3 is 2.43 bits per heavy atom. The van der Waals surface area contributed by atoms with E-state index in [0.717, 1.165) is 22.1 Å². The van der Waals surface area contributed by atoms with Gasteiger partial charge in [0.05, 0.1) is 5.92 Å². The minimum absolute atomic E-state index is 0.0894. The van der Waals surface area contributed by atoms with Crippen molar-refractivity contribution < 1.29 is 5.21 Å². The van der Waals surface area contributed by atoms with Crippen LogP contribution in [0, 0.1) is 0 Å². The Labute approximate surface area is 133 Å². The SMILES string of the molecule is N/C(=N/O)C(CSCc1ccc(Cl)cc1)c1ccccc1. The molecule has 0 aliphatic rings. The number of amidine groups is 1. The van der Waals surface area contributed by atoms with E-state index in [1.165, 1.54) is 5.56 Å². The number of nitrogens with zero attached hydrogens (tertiary/aromatic N) is 1. The van der Waals surface area contributed by atoms with Crippen molar-refractivity contribution in [3.8, 4) is 0 Å². The molecule has 3 nitrogen and oxygen atoms in total. The Morgan fingerprint density at radius 1 is 1.14 bits per heavy atom. The second-order valence-corrected chi connectivity index (χ2v) is 6.10. The standard InChI is InChI=1S/C16H17ClN2OS/c17-14-8-6-12(7-9-14)10-21-11-15(16(18)19-20)13-4-2-1-3-5-13/h1-9,15,20H,10-11H2,(H2,18,19). The van der Waals surface area contributed by atoms with Gasteiger partial charge in [0.2, 0.25) is 0 Å². The molecule has 0 fully saturated rings. The topological polar surface area (TPSA) is 58.6 Å². The summed E-state index contributed by atoms with van der Waals surface area (Å²) in [5.74, 6) is 1.76. The van der Waals surface area contributed by atoms with Crippen LogP contribution in [0.2, 0.25) is 5.02 Å². The third-order valence-electron chi connectivity index (χ3n) is 3.14. The highest BCUT2D eigenvalue weighted by atomic mass is 35.5. The average molecular weight is 321 g/mol. The number of benzene rings is 2. The van der Waals surface area contributed by atoms with Crippen molar-refractivity contribution in [3.63, 3.8) is 0 Å². The van der Waals surface area contributed by atoms with Crippen molar-refractivity contribution in [2.75, 3.05) is 5.75 Å². The molecule has 2 aromatic rings. The van der Waals surface area contributed by atoms with Gasteiger partial charge in [-0.1, -0.05) is 59.2 Å². The van der Waals surface area contributed by atoms with Gasteiger partial charge in [-0.25, -0.2) is 0 Å². The number of oxime groups is 1. The van der Waals surface area contributed by atoms with Crippen LogP contribution in [0.15, 0.2) is 59.8 Å². The first-order valence-electron chi connectivity index (χ1n) is 6.55. The summed E-state index contributed by atoms with van der Waals surface area (Å²) in [4.78, 5) is 0. The molecule has 0 heterocycles. The van der Waals surface area contributed by atoms with Gasteiger partial charge >= 0.3 is 0 Å². The maximum atomic E-state index is 8.95. The fourth-order valence-electron chi connectivity index (χ4n) is 1.98. The molecule has 5 heteroatoms. The van der Waals surface area contributed by atoms with Crippen molar-refractivity contribution in [2.45, 2.75) is 11.7 Å². The summed E-state index contributed by atoms with van der Waals surface area (Å²) in [6.45, 7) is 0. The average Bonchev–Trinajstić information content (AvgIpc) is 2.53. The largest absolute Gasteiger partial charge is 0.409 e. The first-order valence-corrected chi connectivity index (χ1v) is 8.08. The first kappa shape index (κ1) is 15.7. The third-order valence-corrected chi connectivity index (χ3v) is 4.50. The van der Waals surface area contributed by atoms with Gasteiger partial charge in [-0.15, -0.1) is 0 Å². The lowest BCUT2D eigenvalue weighted by molar-refractivity contribution is 0.316. The highest BCUT2D eigenvalue weighted by molar-refractivity contribution is 7.98. The lowest BCUT2D eigenvalue weighted by Crippen LogP contribution is -2.24. The Hall–Kier alpha value is -1.65. The zero-order chi connectivity index (χ0) is 15.1. The molecular weight excluding hydrogens is 304 g/mol. The molecule has 0 amide bonds. The molecule has 0 bridgehead atoms. The van der Waals surface area contributed by atoms with Crippen LogP contribution in [0.4, 0.5) is 0 Å². The van der Waals surface area contributed by atoms with E-state index in [1.807, 2.05) is 54.6 Å². The van der Waals surface area contributed by atoms with Crippen molar-refractivity contribution in [1.82, 2.24) is 0 Å². The molecule has 0 aliphatic heterocycles. The zero-order valence-electron chi connectivity index (χ0n) is 11.4. The normalized spacial score (nSPS) is 13.1. The van der Waals surface area contributed by atoms with Gasteiger partial charge in [-0.2, -0.15) is 11.8 Å². The van der Waals surface area contributed by atoms with Crippen LogP contribution < -0.4 is 5.73 Å². The maximum absolute atomic E-state index is 8.95. The Kier molecular flexibility index (Phi) is 5.96. The van der Waals surface area contributed by atoms with Gasteiger partial charge in [-0.05, 0) is 23.3 Å². The van der Waals surface area contributed by atoms with Crippen molar-refractivity contribution >= 4 is 29.2 Å². The van der Waals surface area contributed by atoms with Gasteiger partial charge < -0.3 is 10.9 Å². The molecular formula is C16H17ClN2OS. The van der Waals surface area contributed by atoms with Crippen LogP contribution in [0.3, 0.4) is 0 Å². The molecule has 1 unspecified atom stereocenters. The molecule has 21 heavy (non-hydrogen) atoms. The summed E-state index contributed by atoms with van der Waals surface area (Å²) < 4.78 is 0. The van der Waals surface area contributed by atoms with Gasteiger partial charge in [0.15, 0.2) is 0 Å². The summed E-state index contributed by atoms with van der Waals surface area (Å²) >= 11 is 7.61. The molecule has 110 valence electrons. The zero-order valence-corrected chi connectivity index (χ0v) is 13.0. The third kappa shape index (κ3) is 4.69. The van der Waals surface area contributed by atoms with E-state index in [2.05, 4.69) is 5.16 Å². The minimum atomic E-state index is -0.0894. The minimum Gasteiger partial charge on any atom is -0.409 e. The number of hydrogen-bond acceptors (Lipinski definition) is 3. The molecule has 0 saturated heterocycles. The predicted molar refractivity (Wildman–Crippen MR) is 90.2 cm³/mol. The molecule has 0 spiro atoms. The van der Waals surface area contributed by atoms with E-state index in [4.69, 9.17) is 22.5 Å². The van der Waals surface area contributed by atoms with E-state index in [0.29, 0.717) is 0 Å². The summed E-state index contributed by atoms with van der Waals surface area (Å²) in [6.07, 6.45) is 0. The summed E-state index contributed by atoms with van der Waals surface area (Å²) in [5.41, 5.74) is 8.07. The van der Waals surface area contributed by atoms with E-state index in [-0.39, 0.29) is 11.8 Å². The highest BCUT2D eigenvalue weighted by Gasteiger charge is 2.16. The van der Waals surface area contributed by atoms with Gasteiger partial charge in [0.25, 0.3) is 0 Å². The van der Waals surface area contributed by atoms with Crippen LogP contribution in [0.25, 0.3) is 0 Å². The Morgan fingerprint density at radius 2 is 1.81 bits per heavy atom. The lowest BCUT2D eigenvalue weighted by Gasteiger charge is -2.15. The maximum Gasteiger partial charge on any atom is 0.147 e. The number of rotatable bonds is 6. The van der Waals surface area contributed by atoms with Crippen molar-refractivity contribution in [2.24, 2.45) is 10.9 Å². The smallest absolute Gasteiger partial charge is 0.147 e. The number of hydrogen-bond donors (Lipinski definition) is 2. The quantitative estimate of drug-likeness (QED) is 0.364. The molecule has 1 atom stereocenters. The molecule has 2 aromatic carbocycles. The molecule has 0 saturated carbocycles. The summed E-state index contributed by atoms with van der Waals surface area (Å²) in [5, 5.41) is 12.9. The summed E-state index contributed by atoms with van der Waals surface area (Å²) in [7, 11) is 0. The van der Waals surface area contributed by atoms with E-state index >= 15 is 0 Å². The van der Waals surface area contributed by atoms with Crippen LogP contribution >= 0.6 is 23.4 Å². The van der Waals surface area contributed by atoms with E-state index in [9.17, 15) is 0 Å². The lowest BCUT2D eigenvalue weighted by atomic mass is 10.0. The van der Waals surface area contributed by atoms with E-state index in [1.54, 1.807) is 11.8 Å². The van der Waals surface area contributed by atoms with E-state index < -0.39 is 0 Å². The highest BCUT2D eigenvalue weighted by Crippen LogP contribution is 2.24. The number of nitrogens with two attached hydrogens (primary N) is 1. The van der Waals surface area contributed by atoms with Gasteiger partial charge in [0.1, 0.15) is 5.84 Å². The van der Waals surface area contributed by atoms with Crippen LogP contribution in [0.1, 0.15) is 17.0 Å². The van der Waals surface area contributed by atoms with Crippen molar-refractivity contribution in [3.05, 3.63) is 70.7 Å². The van der Waals surface area contributed by atoms with Crippen LogP contribution in [-0.4, -0.2) is 16.8 Å². The van der Waals surface area contributed by atoms with Gasteiger partial charge in [0, 0.05) is 16.5 Å². The fourth-order valence-corrected chi connectivity index (χ4v) is 3.25. The number of thioether (sulfide) groups is 1. The molecule has 0 aliphatic carbocycles. The number of halogens is 1. The van der Waals surface area contributed by atoms with Crippen LogP contribution in [0.5, 0.6) is 0 Å². The molecule has 2 rings (SSSR count). The Bertz CT molecular complexity index is 587. The fraction of sp³-hybridized carbons (Fsp3) is 0.188. The molecule has 3 N–H and O–H groups in total. The Balaban J connectivity index is 1.98. The first-order chi connectivity index (χ1) is 10.2. The second kappa shape index (κ2) is 7.96. The monoisotopic (exact) mass is 320 g/mol. The predicted octanol–water partition coefficient (Wildman–Crippen LogP) is 4.10. The van der Waals surface area contributed by atoms with Gasteiger partial charge in [-0.3, -0.25) is 0 Å².